The fourth-order valence-electron chi connectivity index (χ4n) is 1.77. The summed E-state index contributed by atoms with van der Waals surface area (Å²) in [6, 6.07) is 9.45. The highest BCUT2D eigenvalue weighted by Crippen LogP contribution is 2.20. The van der Waals surface area contributed by atoms with E-state index < -0.39 is 17.7 Å². The van der Waals surface area contributed by atoms with Crippen LogP contribution in [-0.4, -0.2) is 24.3 Å². The Morgan fingerprint density at radius 2 is 1.96 bits per heavy atom. The highest BCUT2D eigenvalue weighted by Gasteiger charge is 2.15. The van der Waals surface area contributed by atoms with Gasteiger partial charge in [0.1, 0.15) is 11.8 Å². The summed E-state index contributed by atoms with van der Waals surface area (Å²) >= 11 is 5.84. The third-order valence-corrected chi connectivity index (χ3v) is 3.32. The number of anilines is 1. The Morgan fingerprint density at radius 1 is 1.16 bits per heavy atom. The lowest BCUT2D eigenvalue weighted by Gasteiger charge is -2.07. The molecule has 0 aliphatic carbocycles. The molecule has 0 spiro atoms. The molecule has 0 saturated heterocycles. The van der Waals surface area contributed by atoms with Crippen molar-refractivity contribution >= 4 is 35.0 Å². The summed E-state index contributed by atoms with van der Waals surface area (Å²) in [5, 5.41) is 16.0. The van der Waals surface area contributed by atoms with E-state index in [0.717, 1.165) is 0 Å². The highest BCUT2D eigenvalue weighted by molar-refractivity contribution is 6.40. The minimum Gasteiger partial charge on any atom is -0.467 e. The molecule has 3 amide bonds. The second-order valence-electron chi connectivity index (χ2n) is 4.80. The predicted octanol–water partition coefficient (Wildman–Crippen LogP) is 1.18. The number of carbonyl (C=O) groups is 3. The van der Waals surface area contributed by atoms with Crippen LogP contribution >= 0.6 is 11.6 Å². The molecular formula is C16H13ClN4O4. The number of nitrogens with zero attached hydrogens (tertiary/aromatic N) is 1. The zero-order chi connectivity index (χ0) is 18.2. The first-order chi connectivity index (χ1) is 12.0. The van der Waals surface area contributed by atoms with Crippen molar-refractivity contribution in [3.63, 3.8) is 0 Å². The van der Waals surface area contributed by atoms with Crippen molar-refractivity contribution in [2.75, 3.05) is 11.9 Å². The number of benzene rings is 1. The quantitative estimate of drug-likeness (QED) is 0.690. The number of hydrogen-bond acceptors (Lipinski definition) is 5. The maximum absolute atomic E-state index is 11.8. The Hall–Kier alpha value is -3.31. The van der Waals surface area contributed by atoms with E-state index in [9.17, 15) is 14.4 Å². The molecule has 1 aromatic heterocycles. The van der Waals surface area contributed by atoms with Gasteiger partial charge in [0.05, 0.1) is 29.9 Å². The molecule has 1 heterocycles. The van der Waals surface area contributed by atoms with Crippen LogP contribution in [-0.2, 0) is 20.9 Å². The molecule has 128 valence electrons. The lowest BCUT2D eigenvalue weighted by Crippen LogP contribution is -2.41. The van der Waals surface area contributed by atoms with Gasteiger partial charge in [-0.15, -0.1) is 0 Å². The van der Waals surface area contributed by atoms with Gasteiger partial charge in [0.2, 0.25) is 5.91 Å². The fourth-order valence-corrected chi connectivity index (χ4v) is 2.00. The Bertz CT molecular complexity index is 827. The number of amides is 3. The first-order valence-electron chi connectivity index (χ1n) is 7.07. The lowest BCUT2D eigenvalue weighted by atomic mass is 10.2. The Balaban J connectivity index is 1.78. The van der Waals surface area contributed by atoms with Crippen molar-refractivity contribution in [1.82, 2.24) is 10.6 Å². The molecule has 2 aromatic rings. The maximum Gasteiger partial charge on any atom is 0.313 e. The van der Waals surface area contributed by atoms with E-state index in [0.29, 0.717) is 5.76 Å². The number of nitrogens with one attached hydrogen (secondary N) is 3. The molecular weight excluding hydrogens is 348 g/mol. The molecule has 0 fully saturated rings. The molecule has 0 radical (unpaired) electrons. The molecule has 1 aromatic carbocycles. The molecule has 0 aliphatic rings. The molecule has 3 N–H and O–H groups in total. The predicted molar refractivity (Wildman–Crippen MR) is 88.4 cm³/mol. The minimum absolute atomic E-state index is 0.151. The molecule has 0 saturated carbocycles. The van der Waals surface area contributed by atoms with Gasteiger partial charge in [-0.25, -0.2) is 0 Å². The van der Waals surface area contributed by atoms with Crippen LogP contribution in [0.15, 0.2) is 41.0 Å². The number of halogens is 1. The van der Waals surface area contributed by atoms with Crippen LogP contribution in [0.3, 0.4) is 0 Å². The minimum atomic E-state index is -0.978. The molecule has 8 nitrogen and oxygen atoms in total. The van der Waals surface area contributed by atoms with Crippen molar-refractivity contribution in [1.29, 1.82) is 5.26 Å². The van der Waals surface area contributed by atoms with Gasteiger partial charge in [0.15, 0.2) is 0 Å². The molecule has 0 aliphatic heterocycles. The number of nitriles is 1. The summed E-state index contributed by atoms with van der Waals surface area (Å²) in [7, 11) is 0. The highest BCUT2D eigenvalue weighted by atomic mass is 35.5. The zero-order valence-electron chi connectivity index (χ0n) is 12.8. The fraction of sp³-hybridized carbons (Fsp3) is 0.125. The van der Waals surface area contributed by atoms with Crippen LogP contribution in [0.5, 0.6) is 0 Å². The number of carbonyl (C=O) groups excluding carboxylic acids is 3. The first-order valence-corrected chi connectivity index (χ1v) is 7.45. The van der Waals surface area contributed by atoms with Crippen LogP contribution in [0.25, 0.3) is 0 Å². The molecule has 0 bridgehead atoms. The van der Waals surface area contributed by atoms with Crippen molar-refractivity contribution < 1.29 is 18.8 Å². The molecule has 2 rings (SSSR count). The van der Waals surface area contributed by atoms with E-state index in [4.69, 9.17) is 21.3 Å². The topological polar surface area (TPSA) is 124 Å². The molecule has 25 heavy (non-hydrogen) atoms. The summed E-state index contributed by atoms with van der Waals surface area (Å²) in [6.45, 7) is -0.182. The van der Waals surface area contributed by atoms with Crippen LogP contribution in [0.1, 0.15) is 11.3 Å². The average molecular weight is 361 g/mol. The van der Waals surface area contributed by atoms with Crippen LogP contribution in [0.2, 0.25) is 5.02 Å². The summed E-state index contributed by atoms with van der Waals surface area (Å²) in [6.07, 6.45) is 1.48. The monoisotopic (exact) mass is 360 g/mol. The largest absolute Gasteiger partial charge is 0.467 e. The van der Waals surface area contributed by atoms with E-state index in [1.807, 2.05) is 6.07 Å². The van der Waals surface area contributed by atoms with E-state index in [1.165, 1.54) is 24.5 Å². The summed E-state index contributed by atoms with van der Waals surface area (Å²) in [5.41, 5.74) is 0.503. The summed E-state index contributed by atoms with van der Waals surface area (Å²) in [4.78, 5) is 35.0. The average Bonchev–Trinajstić information content (AvgIpc) is 3.11. The third-order valence-electron chi connectivity index (χ3n) is 3.00. The smallest absolute Gasteiger partial charge is 0.313 e. The van der Waals surface area contributed by atoms with E-state index in [-0.39, 0.29) is 29.4 Å². The zero-order valence-corrected chi connectivity index (χ0v) is 13.6. The third kappa shape index (κ3) is 5.37. The van der Waals surface area contributed by atoms with Crippen molar-refractivity contribution in [2.24, 2.45) is 0 Å². The number of rotatable bonds is 5. The molecule has 0 atom stereocenters. The summed E-state index contributed by atoms with van der Waals surface area (Å²) < 4.78 is 5.04. The number of hydrogen-bond donors (Lipinski definition) is 3. The van der Waals surface area contributed by atoms with Crippen LogP contribution in [0.4, 0.5) is 5.69 Å². The SMILES string of the molecule is N#Cc1ccc(NC(=O)C(=O)NCC(=O)NCc2ccco2)cc1Cl. The van der Waals surface area contributed by atoms with Gasteiger partial charge in [-0.05, 0) is 30.3 Å². The van der Waals surface area contributed by atoms with Gasteiger partial charge in [0, 0.05) is 5.69 Å². The normalized spacial score (nSPS) is 9.76. The Kier molecular flexibility index (Phi) is 6.14. The van der Waals surface area contributed by atoms with Gasteiger partial charge >= 0.3 is 11.8 Å². The van der Waals surface area contributed by atoms with Gasteiger partial charge in [-0.3, -0.25) is 14.4 Å². The van der Waals surface area contributed by atoms with E-state index in [1.54, 1.807) is 12.1 Å². The maximum atomic E-state index is 11.8. The first kappa shape index (κ1) is 18.0. The molecule has 0 unspecified atom stereocenters. The standard InChI is InChI=1S/C16H13ClN4O4/c17-13-6-11(4-3-10(13)7-18)21-16(24)15(23)20-9-14(22)19-8-12-2-1-5-25-12/h1-6H,8-9H2,(H,19,22)(H,20,23)(H,21,24). The van der Waals surface area contributed by atoms with Crippen molar-refractivity contribution in [2.45, 2.75) is 6.54 Å². The second-order valence-corrected chi connectivity index (χ2v) is 5.21. The second kappa shape index (κ2) is 8.52. The van der Waals surface area contributed by atoms with E-state index >= 15 is 0 Å². The molecule has 9 heteroatoms. The Morgan fingerprint density at radius 3 is 2.60 bits per heavy atom. The van der Waals surface area contributed by atoms with Crippen molar-refractivity contribution in [3.05, 3.63) is 52.9 Å². The van der Waals surface area contributed by atoms with Crippen molar-refractivity contribution in [3.8, 4) is 6.07 Å². The van der Waals surface area contributed by atoms with E-state index in [2.05, 4.69) is 16.0 Å². The lowest BCUT2D eigenvalue weighted by molar-refractivity contribution is -0.136. The van der Waals surface area contributed by atoms with Gasteiger partial charge in [-0.1, -0.05) is 11.6 Å². The van der Waals surface area contributed by atoms with Crippen LogP contribution in [0, 0.1) is 11.3 Å². The van der Waals surface area contributed by atoms with Crippen LogP contribution < -0.4 is 16.0 Å². The Labute approximate surface area is 147 Å². The van der Waals surface area contributed by atoms with Gasteiger partial charge < -0.3 is 20.4 Å². The van der Waals surface area contributed by atoms with Gasteiger partial charge in [-0.2, -0.15) is 5.26 Å². The van der Waals surface area contributed by atoms with Gasteiger partial charge in [0.25, 0.3) is 0 Å². The summed E-state index contributed by atoms with van der Waals surface area (Å²) in [5.74, 6) is -1.85. The number of furan rings is 1.